The van der Waals surface area contributed by atoms with Gasteiger partial charge in [-0.25, -0.2) is 0 Å². The molecule has 4 rings (SSSR count). The molecule has 0 amide bonds. The zero-order valence-electron chi connectivity index (χ0n) is 11.1. The molecule has 0 aliphatic carbocycles. The van der Waals surface area contributed by atoms with Gasteiger partial charge in [-0.2, -0.15) is 0 Å². The number of rotatable bonds is 0. The number of fused-ring (bicyclic) bond motifs is 2. The molecule has 0 saturated heterocycles. The number of benzene rings is 2. The van der Waals surface area contributed by atoms with Crippen LogP contribution in [0.25, 0.3) is 0 Å². The lowest BCUT2D eigenvalue weighted by atomic mass is 10.2. The summed E-state index contributed by atoms with van der Waals surface area (Å²) in [7, 11) is 7.72. The third kappa shape index (κ3) is 3.94. The van der Waals surface area contributed by atoms with Crippen LogP contribution >= 0.6 is 43.2 Å². The van der Waals surface area contributed by atoms with Crippen LogP contribution in [-0.2, 0) is 12.8 Å². The Morgan fingerprint density at radius 2 is 1.05 bits per heavy atom. The summed E-state index contributed by atoms with van der Waals surface area (Å²) in [5, 5.41) is 0. The Labute approximate surface area is 136 Å². The van der Waals surface area contributed by atoms with Crippen molar-refractivity contribution in [3.05, 3.63) is 59.7 Å². The van der Waals surface area contributed by atoms with Crippen molar-refractivity contribution in [1.29, 1.82) is 0 Å². The molecule has 0 radical (unpaired) electrons. The van der Waals surface area contributed by atoms with Crippen LogP contribution in [0.5, 0.6) is 0 Å². The summed E-state index contributed by atoms with van der Waals surface area (Å²) in [6, 6.07) is 17.3. The van der Waals surface area contributed by atoms with Crippen LogP contribution in [0.3, 0.4) is 0 Å². The Morgan fingerprint density at radius 3 is 1.50 bits per heavy atom. The van der Waals surface area contributed by atoms with Crippen LogP contribution in [0.1, 0.15) is 11.1 Å². The van der Waals surface area contributed by atoms with Crippen LogP contribution in [0.2, 0.25) is 0 Å². The minimum absolute atomic E-state index is 1.24. The lowest BCUT2D eigenvalue weighted by Gasteiger charge is -2.12. The SMILES string of the molecule is c1ccc2c(c1)CCSS2.c1ccc2c(c1)CCSS2. The van der Waals surface area contributed by atoms with Gasteiger partial charge >= 0.3 is 0 Å². The first-order chi connectivity index (χ1) is 9.93. The number of aryl methyl sites for hydroxylation is 2. The van der Waals surface area contributed by atoms with Gasteiger partial charge in [-0.05, 0) is 36.1 Å². The Balaban J connectivity index is 0.000000121. The van der Waals surface area contributed by atoms with Gasteiger partial charge in [0.1, 0.15) is 0 Å². The normalized spacial score (nSPS) is 16.4. The number of hydrogen-bond donors (Lipinski definition) is 0. The third-order valence-electron chi connectivity index (χ3n) is 3.15. The Morgan fingerprint density at radius 1 is 0.600 bits per heavy atom. The van der Waals surface area contributed by atoms with Crippen molar-refractivity contribution in [3.8, 4) is 0 Å². The molecule has 0 aromatic heterocycles. The van der Waals surface area contributed by atoms with Crippen LogP contribution < -0.4 is 0 Å². The summed E-state index contributed by atoms with van der Waals surface area (Å²) < 4.78 is 0. The quantitative estimate of drug-likeness (QED) is 0.544. The molecule has 104 valence electrons. The van der Waals surface area contributed by atoms with Crippen LogP contribution in [0.4, 0.5) is 0 Å². The Hall–Kier alpha value is -0.160. The average molecular weight is 337 g/mol. The molecule has 0 saturated carbocycles. The van der Waals surface area contributed by atoms with Crippen molar-refractivity contribution >= 4 is 43.2 Å². The van der Waals surface area contributed by atoms with Crippen molar-refractivity contribution in [2.45, 2.75) is 22.6 Å². The van der Waals surface area contributed by atoms with E-state index < -0.39 is 0 Å². The highest BCUT2D eigenvalue weighted by Gasteiger charge is 2.08. The van der Waals surface area contributed by atoms with E-state index in [0.29, 0.717) is 0 Å². The highest BCUT2D eigenvalue weighted by molar-refractivity contribution is 8.77. The van der Waals surface area contributed by atoms with Crippen LogP contribution in [0.15, 0.2) is 58.3 Å². The van der Waals surface area contributed by atoms with Crippen LogP contribution in [-0.4, -0.2) is 11.5 Å². The lowest BCUT2D eigenvalue weighted by Crippen LogP contribution is -1.93. The molecule has 4 heteroatoms. The smallest absolute Gasteiger partial charge is 0.0215 e. The minimum atomic E-state index is 1.24. The molecule has 0 bridgehead atoms. The highest BCUT2D eigenvalue weighted by Crippen LogP contribution is 2.39. The summed E-state index contributed by atoms with van der Waals surface area (Å²) in [5.74, 6) is 2.53. The van der Waals surface area contributed by atoms with E-state index >= 15 is 0 Å². The van der Waals surface area contributed by atoms with Gasteiger partial charge in [0.25, 0.3) is 0 Å². The van der Waals surface area contributed by atoms with Crippen molar-refractivity contribution < 1.29 is 0 Å². The van der Waals surface area contributed by atoms with Gasteiger partial charge in [-0.1, -0.05) is 79.6 Å². The maximum absolute atomic E-state index is 2.22. The Kier molecular flexibility index (Phi) is 5.71. The topological polar surface area (TPSA) is 0 Å². The zero-order valence-corrected chi connectivity index (χ0v) is 14.3. The van der Waals surface area contributed by atoms with E-state index in [1.807, 2.05) is 43.2 Å². The fourth-order valence-electron chi connectivity index (χ4n) is 2.10. The van der Waals surface area contributed by atoms with Gasteiger partial charge in [0.2, 0.25) is 0 Å². The fraction of sp³-hybridized carbons (Fsp3) is 0.250. The van der Waals surface area contributed by atoms with Gasteiger partial charge in [0.05, 0.1) is 0 Å². The maximum Gasteiger partial charge on any atom is 0.0215 e. The maximum atomic E-state index is 2.22. The van der Waals surface area contributed by atoms with Gasteiger partial charge in [0, 0.05) is 21.3 Å². The molecule has 0 unspecified atom stereocenters. The summed E-state index contributed by atoms with van der Waals surface area (Å²) >= 11 is 0. The van der Waals surface area contributed by atoms with E-state index in [1.54, 1.807) is 0 Å². The van der Waals surface area contributed by atoms with E-state index in [4.69, 9.17) is 0 Å². The van der Waals surface area contributed by atoms with E-state index in [-0.39, 0.29) is 0 Å². The predicted molar refractivity (Wildman–Crippen MR) is 96.9 cm³/mol. The third-order valence-corrected chi connectivity index (χ3v) is 8.07. The standard InChI is InChI=1S/2C8H8S2/c2*1-2-4-8-7(3-1)5-6-9-10-8/h2*1-4H,5-6H2. The van der Waals surface area contributed by atoms with Crippen molar-refractivity contribution in [2.75, 3.05) is 11.5 Å². The van der Waals surface area contributed by atoms with E-state index in [0.717, 1.165) is 0 Å². The van der Waals surface area contributed by atoms with Gasteiger partial charge in [-0.3, -0.25) is 0 Å². The minimum Gasteiger partial charge on any atom is -0.0886 e. The summed E-state index contributed by atoms with van der Waals surface area (Å²) in [6.45, 7) is 0. The fourth-order valence-corrected chi connectivity index (χ4v) is 6.68. The monoisotopic (exact) mass is 336 g/mol. The second kappa shape index (κ2) is 7.74. The van der Waals surface area contributed by atoms with Gasteiger partial charge in [0.15, 0.2) is 0 Å². The molecule has 2 aromatic rings. The van der Waals surface area contributed by atoms with Crippen LogP contribution in [0, 0.1) is 0 Å². The molecule has 0 atom stereocenters. The van der Waals surface area contributed by atoms with E-state index in [9.17, 15) is 0 Å². The second-order valence-corrected chi connectivity index (χ2v) is 9.44. The number of hydrogen-bond acceptors (Lipinski definition) is 4. The van der Waals surface area contributed by atoms with Crippen molar-refractivity contribution in [3.63, 3.8) is 0 Å². The molecule has 0 spiro atoms. The summed E-state index contributed by atoms with van der Waals surface area (Å²) in [4.78, 5) is 2.91. The Bertz CT molecular complexity index is 466. The first-order valence-electron chi connectivity index (χ1n) is 6.68. The summed E-state index contributed by atoms with van der Waals surface area (Å²) in [6.07, 6.45) is 2.49. The summed E-state index contributed by atoms with van der Waals surface area (Å²) in [5.41, 5.74) is 3.04. The predicted octanol–water partition coefficient (Wildman–Crippen LogP) is 5.97. The first kappa shape index (κ1) is 14.8. The zero-order chi connectivity index (χ0) is 13.6. The molecule has 2 heterocycles. The largest absolute Gasteiger partial charge is 0.0886 e. The average Bonchev–Trinajstić information content (AvgIpc) is 2.56. The molecular weight excluding hydrogens is 320 g/mol. The van der Waals surface area contributed by atoms with Crippen molar-refractivity contribution in [1.82, 2.24) is 0 Å². The highest BCUT2D eigenvalue weighted by atomic mass is 33.1. The first-order valence-corrected chi connectivity index (χ1v) is 11.3. The van der Waals surface area contributed by atoms with Gasteiger partial charge < -0.3 is 0 Å². The molecule has 2 aliphatic heterocycles. The molecule has 0 nitrogen and oxygen atoms in total. The molecular formula is C16H16S4. The van der Waals surface area contributed by atoms with Gasteiger partial charge in [-0.15, -0.1) is 0 Å². The molecule has 2 aromatic carbocycles. The van der Waals surface area contributed by atoms with E-state index in [1.165, 1.54) is 45.3 Å². The molecule has 0 fully saturated rings. The second-order valence-electron chi connectivity index (χ2n) is 4.53. The molecule has 20 heavy (non-hydrogen) atoms. The molecule has 2 aliphatic rings. The van der Waals surface area contributed by atoms with Crippen molar-refractivity contribution in [2.24, 2.45) is 0 Å². The van der Waals surface area contributed by atoms with E-state index in [2.05, 4.69) is 48.5 Å². The molecule has 0 N–H and O–H groups in total. The lowest BCUT2D eigenvalue weighted by molar-refractivity contribution is 1.09.